The van der Waals surface area contributed by atoms with Gasteiger partial charge in [0.05, 0.1) is 0 Å². The first-order chi connectivity index (χ1) is 12.7. The van der Waals surface area contributed by atoms with Gasteiger partial charge in [-0.2, -0.15) is 0 Å². The van der Waals surface area contributed by atoms with E-state index in [1.54, 1.807) is 11.8 Å². The molecule has 0 aliphatic carbocycles. The summed E-state index contributed by atoms with van der Waals surface area (Å²) in [5.74, 6) is 0.840. The minimum absolute atomic E-state index is 0.493. The van der Waals surface area contributed by atoms with Crippen molar-refractivity contribution in [2.45, 2.75) is 29.2 Å². The molecule has 3 rings (SSSR count). The molecule has 4 heteroatoms. The average Bonchev–Trinajstić information content (AvgIpc) is 2.67. The monoisotopic (exact) mass is 382 g/mol. The molecule has 0 amide bonds. The third kappa shape index (κ3) is 5.38. The van der Waals surface area contributed by atoms with Crippen LogP contribution in [0.25, 0.3) is 0 Å². The van der Waals surface area contributed by atoms with E-state index in [1.807, 2.05) is 72.8 Å². The van der Waals surface area contributed by atoms with Gasteiger partial charge in [0.15, 0.2) is 0 Å². The van der Waals surface area contributed by atoms with Crippen molar-refractivity contribution in [3.63, 3.8) is 0 Å². The Morgan fingerprint density at radius 2 is 1.73 bits per heavy atom. The molecule has 132 valence electrons. The van der Waals surface area contributed by atoms with Gasteiger partial charge in [-0.1, -0.05) is 65.8 Å². The lowest BCUT2D eigenvalue weighted by molar-refractivity contribution is -0.107. The third-order valence-corrected chi connectivity index (χ3v) is 5.18. The van der Waals surface area contributed by atoms with Gasteiger partial charge in [0.1, 0.15) is 18.6 Å². The topological polar surface area (TPSA) is 26.3 Å². The van der Waals surface area contributed by atoms with Crippen LogP contribution >= 0.6 is 23.4 Å². The molecule has 0 aliphatic rings. The fourth-order valence-corrected chi connectivity index (χ4v) is 3.76. The zero-order chi connectivity index (χ0) is 18.2. The zero-order valence-electron chi connectivity index (χ0n) is 14.2. The molecule has 0 aromatic heterocycles. The Labute approximate surface area is 163 Å². The van der Waals surface area contributed by atoms with E-state index in [0.717, 1.165) is 33.0 Å². The van der Waals surface area contributed by atoms with Crippen LogP contribution in [0, 0.1) is 0 Å². The minimum atomic E-state index is 0.493. The van der Waals surface area contributed by atoms with Crippen molar-refractivity contribution in [1.29, 1.82) is 0 Å². The largest absolute Gasteiger partial charge is 0.489 e. The second-order valence-electron chi connectivity index (χ2n) is 5.81. The van der Waals surface area contributed by atoms with Crippen LogP contribution in [0.1, 0.15) is 17.5 Å². The normalized spacial score (nSPS) is 10.5. The number of hydrogen-bond donors (Lipinski definition) is 0. The van der Waals surface area contributed by atoms with Crippen molar-refractivity contribution in [3.8, 4) is 5.75 Å². The van der Waals surface area contributed by atoms with Crippen LogP contribution in [-0.4, -0.2) is 6.29 Å². The lowest BCUT2D eigenvalue weighted by atomic mass is 10.1. The SMILES string of the molecule is O=CCCc1ccc(Sc2cccc(OCc3ccccc3)c2)cc1Cl. The van der Waals surface area contributed by atoms with Gasteiger partial charge in [-0.05, 0) is 47.9 Å². The van der Waals surface area contributed by atoms with Gasteiger partial charge in [-0.15, -0.1) is 0 Å². The van der Waals surface area contributed by atoms with Crippen LogP contribution in [0.3, 0.4) is 0 Å². The highest BCUT2D eigenvalue weighted by atomic mass is 35.5. The Morgan fingerprint density at radius 1 is 0.923 bits per heavy atom. The first kappa shape index (κ1) is 18.6. The molecule has 0 bridgehead atoms. The van der Waals surface area contributed by atoms with E-state index in [9.17, 15) is 4.79 Å². The summed E-state index contributed by atoms with van der Waals surface area (Å²) in [5, 5.41) is 0.702. The molecule has 3 aromatic rings. The second-order valence-corrected chi connectivity index (χ2v) is 7.36. The maximum absolute atomic E-state index is 10.5. The standard InChI is InChI=1S/C22H19ClO2S/c23-22-15-21(12-11-18(22)8-5-13-24)26-20-10-4-9-19(14-20)25-16-17-6-2-1-3-7-17/h1-4,6-7,9-15H,5,8,16H2. The van der Waals surface area contributed by atoms with E-state index in [4.69, 9.17) is 16.3 Å². The van der Waals surface area contributed by atoms with Gasteiger partial charge in [0.25, 0.3) is 0 Å². The average molecular weight is 383 g/mol. The number of aldehydes is 1. The number of rotatable bonds is 8. The molecular weight excluding hydrogens is 364 g/mol. The molecule has 0 fully saturated rings. The van der Waals surface area contributed by atoms with Gasteiger partial charge < -0.3 is 9.53 Å². The molecule has 3 aromatic carbocycles. The second kappa shape index (κ2) is 9.46. The van der Waals surface area contributed by atoms with Gasteiger partial charge in [0.2, 0.25) is 0 Å². The molecule has 0 saturated carbocycles. The first-order valence-corrected chi connectivity index (χ1v) is 9.61. The van der Waals surface area contributed by atoms with Crippen LogP contribution in [0.15, 0.2) is 82.6 Å². The smallest absolute Gasteiger partial charge is 0.120 e. The highest BCUT2D eigenvalue weighted by molar-refractivity contribution is 7.99. The molecule has 0 saturated heterocycles. The van der Waals surface area contributed by atoms with Crippen molar-refractivity contribution >= 4 is 29.6 Å². The highest BCUT2D eigenvalue weighted by Gasteiger charge is 2.05. The van der Waals surface area contributed by atoms with Gasteiger partial charge in [-0.25, -0.2) is 0 Å². The van der Waals surface area contributed by atoms with E-state index in [2.05, 4.69) is 0 Å². The van der Waals surface area contributed by atoms with Crippen molar-refractivity contribution in [1.82, 2.24) is 0 Å². The molecule has 0 N–H and O–H groups in total. The van der Waals surface area contributed by atoms with Crippen molar-refractivity contribution in [3.05, 3.63) is 88.9 Å². The molecule has 0 aliphatic heterocycles. The van der Waals surface area contributed by atoms with E-state index in [1.165, 1.54) is 0 Å². The number of benzene rings is 3. The van der Waals surface area contributed by atoms with E-state index in [-0.39, 0.29) is 0 Å². The number of ether oxygens (including phenoxy) is 1. The molecule has 26 heavy (non-hydrogen) atoms. The molecule has 0 heterocycles. The number of carbonyl (C=O) groups is 1. The number of aryl methyl sites for hydroxylation is 1. The molecule has 0 spiro atoms. The Bertz CT molecular complexity index is 865. The van der Waals surface area contributed by atoms with Gasteiger partial charge >= 0.3 is 0 Å². The number of carbonyl (C=O) groups excluding carboxylic acids is 1. The lowest BCUT2D eigenvalue weighted by Gasteiger charge is -2.09. The Morgan fingerprint density at radius 3 is 2.50 bits per heavy atom. The predicted octanol–water partition coefficient (Wildman–Crippen LogP) is 6.20. The van der Waals surface area contributed by atoms with Crippen LogP contribution < -0.4 is 4.74 Å². The van der Waals surface area contributed by atoms with Crippen molar-refractivity contribution < 1.29 is 9.53 Å². The Kier molecular flexibility index (Phi) is 6.75. The molecule has 0 atom stereocenters. The van der Waals surface area contributed by atoms with E-state index >= 15 is 0 Å². The third-order valence-electron chi connectivity index (χ3n) is 3.85. The van der Waals surface area contributed by atoms with Crippen LogP contribution in [0.5, 0.6) is 5.75 Å². The maximum Gasteiger partial charge on any atom is 0.120 e. The molecule has 0 unspecified atom stereocenters. The van der Waals surface area contributed by atoms with Crippen molar-refractivity contribution in [2.24, 2.45) is 0 Å². The number of hydrogen-bond acceptors (Lipinski definition) is 3. The summed E-state index contributed by atoms with van der Waals surface area (Å²) in [6.45, 7) is 0.548. The quantitative estimate of drug-likeness (QED) is 0.434. The zero-order valence-corrected chi connectivity index (χ0v) is 15.8. The van der Waals surface area contributed by atoms with Gasteiger partial charge in [-0.3, -0.25) is 0 Å². The molecule has 0 radical (unpaired) electrons. The van der Waals surface area contributed by atoms with Crippen LogP contribution in [-0.2, 0) is 17.8 Å². The van der Waals surface area contributed by atoms with Gasteiger partial charge in [0, 0.05) is 21.2 Å². The predicted molar refractivity (Wildman–Crippen MR) is 107 cm³/mol. The molecular formula is C22H19ClO2S. The summed E-state index contributed by atoms with van der Waals surface area (Å²) in [6, 6.07) is 24.1. The fraction of sp³-hybridized carbons (Fsp3) is 0.136. The first-order valence-electron chi connectivity index (χ1n) is 8.41. The summed E-state index contributed by atoms with van der Waals surface area (Å²) < 4.78 is 5.89. The fourth-order valence-electron chi connectivity index (χ4n) is 2.51. The van der Waals surface area contributed by atoms with Crippen molar-refractivity contribution in [2.75, 3.05) is 0 Å². The molecule has 2 nitrogen and oxygen atoms in total. The van der Waals surface area contributed by atoms with Crippen LogP contribution in [0.4, 0.5) is 0 Å². The van der Waals surface area contributed by atoms with Crippen LogP contribution in [0.2, 0.25) is 5.02 Å². The summed E-state index contributed by atoms with van der Waals surface area (Å²) in [4.78, 5) is 12.7. The lowest BCUT2D eigenvalue weighted by Crippen LogP contribution is -1.94. The maximum atomic E-state index is 10.5. The van der Waals surface area contributed by atoms with E-state index in [0.29, 0.717) is 24.5 Å². The van der Waals surface area contributed by atoms with E-state index < -0.39 is 0 Å². The Balaban J connectivity index is 1.65. The summed E-state index contributed by atoms with van der Waals surface area (Å²) in [6.07, 6.45) is 2.09. The number of halogens is 1. The summed E-state index contributed by atoms with van der Waals surface area (Å²) >= 11 is 7.96. The highest BCUT2D eigenvalue weighted by Crippen LogP contribution is 2.33. The summed E-state index contributed by atoms with van der Waals surface area (Å²) in [5.41, 5.74) is 2.14. The Hall–Kier alpha value is -2.23. The minimum Gasteiger partial charge on any atom is -0.489 e. The summed E-state index contributed by atoms with van der Waals surface area (Å²) in [7, 11) is 0.